The quantitative estimate of drug-likeness (QED) is 0.766. The van der Waals surface area contributed by atoms with Crippen LogP contribution in [0, 0.1) is 5.82 Å². The molecule has 1 aliphatic heterocycles. The van der Waals surface area contributed by atoms with Crippen molar-refractivity contribution >= 4 is 17.6 Å². The van der Waals surface area contributed by atoms with Gasteiger partial charge >= 0.3 is 6.09 Å². The molecule has 0 bridgehead atoms. The molecule has 1 unspecified atom stereocenters. The Labute approximate surface area is 141 Å². The zero-order valence-electron chi connectivity index (χ0n) is 13.0. The molecule has 3 aromatic rings. The minimum atomic E-state index is -0.512. The van der Waals surface area contributed by atoms with Crippen molar-refractivity contribution in [2.45, 2.75) is 6.10 Å². The molecule has 1 amide bonds. The smallest absolute Gasteiger partial charge is 0.414 e. The summed E-state index contributed by atoms with van der Waals surface area (Å²) in [6.45, 7) is 0.692. The standard InChI is InChI=1S/C16H14FN5O3/c17-13-7-11(1-2-14(13)21-5-4-18-10-21)22-9-12(25-16(22)23)8-19-15-3-6-24-20-15/h1-7,10,12H,8-9H2,(H,19,20). The van der Waals surface area contributed by atoms with Gasteiger partial charge in [-0.2, -0.15) is 0 Å². The minimum Gasteiger partial charge on any atom is -0.442 e. The van der Waals surface area contributed by atoms with Crippen molar-refractivity contribution in [1.29, 1.82) is 0 Å². The van der Waals surface area contributed by atoms with Gasteiger partial charge in [-0.25, -0.2) is 14.2 Å². The Morgan fingerprint density at radius 1 is 1.36 bits per heavy atom. The van der Waals surface area contributed by atoms with Crippen LogP contribution in [0.2, 0.25) is 0 Å². The topological polar surface area (TPSA) is 85.4 Å². The first kappa shape index (κ1) is 15.2. The van der Waals surface area contributed by atoms with Crippen molar-refractivity contribution in [1.82, 2.24) is 14.7 Å². The lowest BCUT2D eigenvalue weighted by Crippen LogP contribution is -2.27. The van der Waals surface area contributed by atoms with Crippen molar-refractivity contribution in [3.8, 4) is 5.69 Å². The normalized spacial score (nSPS) is 16.9. The zero-order valence-corrected chi connectivity index (χ0v) is 13.0. The molecule has 9 heteroatoms. The highest BCUT2D eigenvalue weighted by Crippen LogP contribution is 2.25. The van der Waals surface area contributed by atoms with Crippen molar-refractivity contribution in [2.24, 2.45) is 0 Å². The first-order chi connectivity index (χ1) is 12.2. The van der Waals surface area contributed by atoms with Gasteiger partial charge < -0.3 is 19.1 Å². The molecule has 1 fully saturated rings. The summed E-state index contributed by atoms with van der Waals surface area (Å²) >= 11 is 0. The summed E-state index contributed by atoms with van der Waals surface area (Å²) in [6.07, 6.45) is 5.28. The third kappa shape index (κ3) is 3.03. The molecule has 4 rings (SSSR count). The molecule has 1 atom stereocenters. The second-order valence-corrected chi connectivity index (χ2v) is 5.49. The molecule has 0 radical (unpaired) electrons. The van der Waals surface area contributed by atoms with E-state index in [0.29, 0.717) is 30.3 Å². The molecule has 0 spiro atoms. The number of nitrogens with zero attached hydrogens (tertiary/aromatic N) is 4. The molecule has 3 heterocycles. The number of rotatable bonds is 5. The second-order valence-electron chi connectivity index (χ2n) is 5.49. The SMILES string of the molecule is O=C1OC(CNc2ccon2)CN1c1ccc(-n2ccnc2)c(F)c1. The third-order valence-electron chi connectivity index (χ3n) is 3.85. The monoisotopic (exact) mass is 343 g/mol. The first-order valence-electron chi connectivity index (χ1n) is 7.61. The fourth-order valence-corrected chi connectivity index (χ4v) is 2.64. The number of nitrogens with one attached hydrogen (secondary N) is 1. The van der Waals surface area contributed by atoms with E-state index in [0.717, 1.165) is 0 Å². The molecule has 1 saturated heterocycles. The maximum Gasteiger partial charge on any atom is 0.414 e. The highest BCUT2D eigenvalue weighted by Gasteiger charge is 2.32. The Bertz CT molecular complexity index is 866. The maximum absolute atomic E-state index is 14.4. The molecule has 25 heavy (non-hydrogen) atoms. The summed E-state index contributed by atoms with van der Waals surface area (Å²) in [7, 11) is 0. The van der Waals surface area contributed by atoms with E-state index in [1.54, 1.807) is 35.2 Å². The van der Waals surface area contributed by atoms with E-state index in [2.05, 4.69) is 15.5 Å². The van der Waals surface area contributed by atoms with Gasteiger partial charge in [0.25, 0.3) is 0 Å². The lowest BCUT2D eigenvalue weighted by molar-refractivity contribution is 0.147. The number of halogens is 1. The van der Waals surface area contributed by atoms with Crippen LogP contribution >= 0.6 is 0 Å². The fraction of sp³-hybridized carbons (Fsp3) is 0.188. The number of cyclic esters (lactones) is 1. The molecule has 1 aromatic carbocycles. The number of hydrogen-bond acceptors (Lipinski definition) is 6. The number of hydrogen-bond donors (Lipinski definition) is 1. The molecule has 1 N–H and O–H groups in total. The van der Waals surface area contributed by atoms with E-state index in [9.17, 15) is 9.18 Å². The maximum atomic E-state index is 14.4. The lowest BCUT2D eigenvalue weighted by Gasteiger charge is -2.14. The summed E-state index contributed by atoms with van der Waals surface area (Å²) in [6, 6.07) is 6.25. The number of imidazole rings is 1. The van der Waals surface area contributed by atoms with Gasteiger partial charge in [-0.05, 0) is 18.2 Å². The van der Waals surface area contributed by atoms with Crippen molar-refractivity contribution in [2.75, 3.05) is 23.3 Å². The molecule has 1 aliphatic rings. The zero-order chi connectivity index (χ0) is 17.2. The van der Waals surface area contributed by atoms with Gasteiger partial charge in [-0.1, -0.05) is 5.16 Å². The highest BCUT2D eigenvalue weighted by atomic mass is 19.1. The van der Waals surface area contributed by atoms with Crippen LogP contribution in [-0.2, 0) is 4.74 Å². The minimum absolute atomic E-state index is 0.313. The van der Waals surface area contributed by atoms with Crippen LogP contribution in [-0.4, -0.2) is 40.0 Å². The van der Waals surface area contributed by atoms with E-state index in [1.165, 1.54) is 23.6 Å². The first-order valence-corrected chi connectivity index (χ1v) is 7.61. The van der Waals surface area contributed by atoms with E-state index >= 15 is 0 Å². The third-order valence-corrected chi connectivity index (χ3v) is 3.85. The summed E-state index contributed by atoms with van der Waals surface area (Å²) < 4.78 is 25.9. The largest absolute Gasteiger partial charge is 0.442 e. The highest BCUT2D eigenvalue weighted by molar-refractivity contribution is 5.89. The molecule has 8 nitrogen and oxygen atoms in total. The van der Waals surface area contributed by atoms with Gasteiger partial charge in [0.15, 0.2) is 5.82 Å². The van der Waals surface area contributed by atoms with Crippen LogP contribution in [0.3, 0.4) is 0 Å². The van der Waals surface area contributed by atoms with Gasteiger partial charge in [0, 0.05) is 18.5 Å². The lowest BCUT2D eigenvalue weighted by atomic mass is 10.2. The Hall–Kier alpha value is -3.36. The van der Waals surface area contributed by atoms with Crippen molar-refractivity contribution in [3.05, 3.63) is 55.1 Å². The van der Waals surface area contributed by atoms with Crippen LogP contribution in [0.25, 0.3) is 5.69 Å². The van der Waals surface area contributed by atoms with Gasteiger partial charge in [-0.15, -0.1) is 0 Å². The van der Waals surface area contributed by atoms with Crippen LogP contribution in [0.5, 0.6) is 0 Å². The second kappa shape index (κ2) is 6.27. The average molecular weight is 343 g/mol. The van der Waals surface area contributed by atoms with Gasteiger partial charge in [-0.3, -0.25) is 4.90 Å². The van der Waals surface area contributed by atoms with Gasteiger partial charge in [0.2, 0.25) is 0 Å². The Morgan fingerprint density at radius 3 is 3.00 bits per heavy atom. The molecule has 128 valence electrons. The molecular weight excluding hydrogens is 329 g/mol. The number of carbonyl (C=O) groups excluding carboxylic acids is 1. The summed E-state index contributed by atoms with van der Waals surface area (Å²) in [5, 5.41) is 6.73. The predicted octanol–water partition coefficient (Wildman–Crippen LogP) is 2.44. The average Bonchev–Trinajstić information content (AvgIpc) is 3.35. The van der Waals surface area contributed by atoms with Crippen molar-refractivity contribution < 1.29 is 18.4 Å². The molecular formula is C16H14FN5O3. The molecule has 0 saturated carbocycles. The number of benzene rings is 1. The van der Waals surface area contributed by atoms with E-state index in [4.69, 9.17) is 9.26 Å². The van der Waals surface area contributed by atoms with Crippen LogP contribution in [0.15, 0.2) is 53.8 Å². The van der Waals surface area contributed by atoms with Crippen LogP contribution in [0.4, 0.5) is 20.7 Å². The van der Waals surface area contributed by atoms with Gasteiger partial charge in [0.05, 0.1) is 30.8 Å². The van der Waals surface area contributed by atoms with Gasteiger partial charge in [0.1, 0.15) is 18.2 Å². The Morgan fingerprint density at radius 2 is 2.28 bits per heavy atom. The number of ether oxygens (including phenoxy) is 1. The van der Waals surface area contributed by atoms with Crippen molar-refractivity contribution in [3.63, 3.8) is 0 Å². The molecule has 0 aliphatic carbocycles. The Balaban J connectivity index is 1.46. The number of aromatic nitrogens is 3. The van der Waals surface area contributed by atoms with Crippen LogP contribution in [0.1, 0.15) is 0 Å². The van der Waals surface area contributed by atoms with E-state index < -0.39 is 11.9 Å². The number of amides is 1. The number of anilines is 2. The summed E-state index contributed by atoms with van der Waals surface area (Å²) in [5.41, 5.74) is 0.799. The summed E-state index contributed by atoms with van der Waals surface area (Å²) in [4.78, 5) is 17.4. The summed E-state index contributed by atoms with van der Waals surface area (Å²) in [5.74, 6) is 0.109. The molecule has 2 aromatic heterocycles. The van der Waals surface area contributed by atoms with E-state index in [-0.39, 0.29) is 6.10 Å². The fourth-order valence-electron chi connectivity index (χ4n) is 2.64. The Kier molecular flexibility index (Phi) is 3.81. The van der Waals surface area contributed by atoms with E-state index in [1.807, 2.05) is 0 Å². The predicted molar refractivity (Wildman–Crippen MR) is 86.1 cm³/mol. The van der Waals surface area contributed by atoms with Crippen LogP contribution < -0.4 is 10.2 Å². The number of carbonyl (C=O) groups is 1.